The maximum atomic E-state index is 11.3. The number of morpholine rings is 1. The Morgan fingerprint density at radius 1 is 1.52 bits per heavy atom. The highest BCUT2D eigenvalue weighted by Crippen LogP contribution is 2.24. The van der Waals surface area contributed by atoms with Gasteiger partial charge in [-0.25, -0.2) is 4.68 Å². The lowest BCUT2D eigenvalue weighted by atomic mass is 10.0. The number of methoxy groups -OCH3 is 1. The van der Waals surface area contributed by atoms with Gasteiger partial charge in [-0.1, -0.05) is 6.07 Å². The molecule has 21 heavy (non-hydrogen) atoms. The van der Waals surface area contributed by atoms with Crippen LogP contribution >= 0.6 is 0 Å². The van der Waals surface area contributed by atoms with Crippen molar-refractivity contribution in [1.82, 2.24) is 15.1 Å². The summed E-state index contributed by atoms with van der Waals surface area (Å²) >= 11 is 0. The van der Waals surface area contributed by atoms with E-state index < -0.39 is 0 Å². The van der Waals surface area contributed by atoms with E-state index in [0.717, 1.165) is 17.0 Å². The first kappa shape index (κ1) is 13.6. The molecule has 1 aliphatic rings. The second kappa shape index (κ2) is 5.97. The van der Waals surface area contributed by atoms with Gasteiger partial charge in [0.05, 0.1) is 19.8 Å². The first-order chi connectivity index (χ1) is 10.3. The summed E-state index contributed by atoms with van der Waals surface area (Å²) in [6.07, 6.45) is 4.30. The van der Waals surface area contributed by atoms with Crippen LogP contribution in [0.4, 0.5) is 0 Å². The van der Waals surface area contributed by atoms with Crippen molar-refractivity contribution >= 4 is 5.91 Å². The highest BCUT2D eigenvalue weighted by Gasteiger charge is 2.19. The molecule has 1 saturated heterocycles. The highest BCUT2D eigenvalue weighted by molar-refractivity contribution is 5.78. The molecule has 2 aromatic rings. The number of carbonyl (C=O) groups is 1. The first-order valence-electron chi connectivity index (χ1n) is 6.80. The minimum atomic E-state index is -0.0629. The van der Waals surface area contributed by atoms with Gasteiger partial charge in [0.2, 0.25) is 5.91 Å². The molecule has 0 spiro atoms. The van der Waals surface area contributed by atoms with Crippen LogP contribution in [0.1, 0.15) is 5.56 Å². The number of hydrogen-bond acceptors (Lipinski definition) is 4. The number of rotatable bonds is 4. The molecule has 0 radical (unpaired) electrons. The monoisotopic (exact) mass is 287 g/mol. The van der Waals surface area contributed by atoms with Crippen LogP contribution in [0, 0.1) is 0 Å². The lowest BCUT2D eigenvalue weighted by molar-refractivity contribution is -0.131. The van der Waals surface area contributed by atoms with Gasteiger partial charge in [0.1, 0.15) is 18.0 Å². The zero-order chi connectivity index (χ0) is 14.7. The van der Waals surface area contributed by atoms with E-state index >= 15 is 0 Å². The summed E-state index contributed by atoms with van der Waals surface area (Å²) in [5, 5.41) is 7.17. The van der Waals surface area contributed by atoms with Crippen molar-refractivity contribution in [3.8, 4) is 11.4 Å². The molecule has 0 saturated carbocycles. The summed E-state index contributed by atoms with van der Waals surface area (Å²) in [6, 6.07) is 7.79. The summed E-state index contributed by atoms with van der Waals surface area (Å²) in [4.78, 5) is 11.3. The average Bonchev–Trinajstić information content (AvgIpc) is 3.01. The van der Waals surface area contributed by atoms with Crippen LogP contribution in [0.25, 0.3) is 5.69 Å². The smallest absolute Gasteiger partial charge is 0.246 e. The van der Waals surface area contributed by atoms with Gasteiger partial charge in [0.25, 0.3) is 0 Å². The lowest BCUT2D eigenvalue weighted by Crippen LogP contribution is -2.46. The summed E-state index contributed by atoms with van der Waals surface area (Å²) in [7, 11) is 1.64. The normalized spacial score (nSPS) is 18.3. The quantitative estimate of drug-likeness (QED) is 0.909. The van der Waals surface area contributed by atoms with E-state index in [0.29, 0.717) is 13.0 Å². The Kier molecular flexibility index (Phi) is 3.87. The van der Waals surface area contributed by atoms with E-state index in [1.165, 1.54) is 0 Å². The Balaban J connectivity index is 1.83. The van der Waals surface area contributed by atoms with Crippen LogP contribution in [0.2, 0.25) is 0 Å². The Hall–Kier alpha value is -2.34. The second-order valence-corrected chi connectivity index (χ2v) is 4.94. The van der Waals surface area contributed by atoms with Crippen molar-refractivity contribution in [3.63, 3.8) is 0 Å². The van der Waals surface area contributed by atoms with Crippen LogP contribution in [-0.2, 0) is 16.0 Å². The number of benzene rings is 1. The van der Waals surface area contributed by atoms with Crippen LogP contribution in [0.5, 0.6) is 5.75 Å². The molecule has 1 N–H and O–H groups in total. The van der Waals surface area contributed by atoms with E-state index in [1.54, 1.807) is 18.0 Å². The average molecular weight is 287 g/mol. The molecule has 0 bridgehead atoms. The molecule has 0 aliphatic carbocycles. The van der Waals surface area contributed by atoms with Gasteiger partial charge < -0.3 is 14.8 Å². The number of nitrogens with one attached hydrogen (secondary N) is 1. The number of ether oxygens (including phenoxy) is 2. The van der Waals surface area contributed by atoms with Crippen molar-refractivity contribution in [3.05, 3.63) is 42.2 Å². The summed E-state index contributed by atoms with van der Waals surface area (Å²) in [5.74, 6) is 0.693. The molecule has 1 atom stereocenters. The molecule has 1 aromatic carbocycles. The molecule has 110 valence electrons. The zero-order valence-corrected chi connectivity index (χ0v) is 11.8. The maximum absolute atomic E-state index is 11.3. The van der Waals surface area contributed by atoms with E-state index in [-0.39, 0.29) is 18.6 Å². The van der Waals surface area contributed by atoms with Crippen molar-refractivity contribution in [1.29, 1.82) is 0 Å². The molecular weight excluding hydrogens is 270 g/mol. The van der Waals surface area contributed by atoms with Crippen molar-refractivity contribution in [2.75, 3.05) is 20.3 Å². The first-order valence-corrected chi connectivity index (χ1v) is 6.80. The third-order valence-electron chi connectivity index (χ3n) is 3.39. The third-order valence-corrected chi connectivity index (χ3v) is 3.39. The largest absolute Gasteiger partial charge is 0.494 e. The number of amides is 1. The number of nitrogens with zero attached hydrogens (tertiary/aromatic N) is 2. The summed E-state index contributed by atoms with van der Waals surface area (Å²) in [6.45, 7) is 0.687. The van der Waals surface area contributed by atoms with Gasteiger partial charge in [-0.15, -0.1) is 0 Å². The molecule has 6 nitrogen and oxygen atoms in total. The van der Waals surface area contributed by atoms with Crippen molar-refractivity contribution in [2.24, 2.45) is 0 Å². The van der Waals surface area contributed by atoms with Gasteiger partial charge in [-0.05, 0) is 30.2 Å². The van der Waals surface area contributed by atoms with Crippen LogP contribution < -0.4 is 10.1 Å². The fourth-order valence-electron chi connectivity index (χ4n) is 2.45. The number of hydrogen-bond donors (Lipinski definition) is 1. The van der Waals surface area contributed by atoms with Gasteiger partial charge in [-0.2, -0.15) is 5.10 Å². The molecule has 0 unspecified atom stereocenters. The Morgan fingerprint density at radius 3 is 3.14 bits per heavy atom. The maximum Gasteiger partial charge on any atom is 0.246 e. The Bertz CT molecular complexity index is 625. The molecule has 1 amide bonds. The van der Waals surface area contributed by atoms with Gasteiger partial charge in [0, 0.05) is 12.4 Å². The van der Waals surface area contributed by atoms with E-state index in [9.17, 15) is 4.79 Å². The van der Waals surface area contributed by atoms with E-state index in [1.807, 2.05) is 30.5 Å². The van der Waals surface area contributed by atoms with Gasteiger partial charge in [-0.3, -0.25) is 4.79 Å². The number of aromatic nitrogens is 2. The minimum Gasteiger partial charge on any atom is -0.494 e. The second-order valence-electron chi connectivity index (χ2n) is 4.94. The molecule has 3 rings (SSSR count). The van der Waals surface area contributed by atoms with E-state index in [4.69, 9.17) is 9.47 Å². The molecule has 1 fully saturated rings. The van der Waals surface area contributed by atoms with Crippen molar-refractivity contribution in [2.45, 2.75) is 12.5 Å². The lowest BCUT2D eigenvalue weighted by Gasteiger charge is -2.23. The fraction of sp³-hybridized carbons (Fsp3) is 0.333. The molecule has 2 heterocycles. The Labute approximate surface area is 122 Å². The highest BCUT2D eigenvalue weighted by atomic mass is 16.5. The van der Waals surface area contributed by atoms with Crippen molar-refractivity contribution < 1.29 is 14.3 Å². The predicted octanol–water partition coefficient (Wildman–Crippen LogP) is 0.938. The molecular formula is C15H17N3O3. The SMILES string of the molecule is COc1ccc(C[C@@H]2COCC(=O)N2)cc1-n1cccn1. The van der Waals surface area contributed by atoms with Gasteiger partial charge in [0.15, 0.2) is 0 Å². The predicted molar refractivity (Wildman–Crippen MR) is 76.6 cm³/mol. The Morgan fingerprint density at radius 2 is 2.43 bits per heavy atom. The summed E-state index contributed by atoms with van der Waals surface area (Å²) in [5.41, 5.74) is 1.97. The minimum absolute atomic E-state index is 0.00474. The topological polar surface area (TPSA) is 65.4 Å². The van der Waals surface area contributed by atoms with Crippen LogP contribution in [-0.4, -0.2) is 42.1 Å². The zero-order valence-electron chi connectivity index (χ0n) is 11.8. The van der Waals surface area contributed by atoms with Crippen LogP contribution in [0.3, 0.4) is 0 Å². The van der Waals surface area contributed by atoms with E-state index in [2.05, 4.69) is 10.4 Å². The molecule has 1 aliphatic heterocycles. The molecule has 1 aromatic heterocycles. The fourth-order valence-corrected chi connectivity index (χ4v) is 2.45. The van der Waals surface area contributed by atoms with Crippen LogP contribution in [0.15, 0.2) is 36.7 Å². The third kappa shape index (κ3) is 3.05. The molecule has 6 heteroatoms. The number of carbonyl (C=O) groups excluding carboxylic acids is 1. The summed E-state index contributed by atoms with van der Waals surface area (Å²) < 4.78 is 12.4. The van der Waals surface area contributed by atoms with Gasteiger partial charge >= 0.3 is 0 Å². The standard InChI is InChI=1S/C15H17N3O3/c1-20-14-4-3-11(7-12-9-21-10-15(19)17-12)8-13(14)18-6-2-5-16-18/h2-6,8,12H,7,9-10H2,1H3,(H,17,19)/t12-/m1/s1.